The Labute approximate surface area is 117 Å². The second kappa shape index (κ2) is 8.23. The number of carbonyl (C=O) groups excluding carboxylic acids is 1. The number of hydrogen-bond acceptors (Lipinski definition) is 5. The minimum atomic E-state index is -0.504. The second-order valence-electron chi connectivity index (χ2n) is 4.31. The van der Waals surface area contributed by atoms with Crippen LogP contribution in [0.5, 0.6) is 0 Å². The number of ether oxygens (including phenoxy) is 1. The molecule has 110 valence electrons. The molecule has 0 radical (unpaired) electrons. The molecule has 1 amide bonds. The van der Waals surface area contributed by atoms with Gasteiger partial charge < -0.3 is 15.4 Å². The molecule has 0 aromatic heterocycles. The zero-order valence-electron chi connectivity index (χ0n) is 11.6. The van der Waals surface area contributed by atoms with Crippen molar-refractivity contribution in [3.63, 3.8) is 0 Å². The molecule has 0 aliphatic heterocycles. The molecule has 1 aromatic rings. The van der Waals surface area contributed by atoms with Gasteiger partial charge in [-0.15, -0.1) is 0 Å². The second-order valence-corrected chi connectivity index (χ2v) is 4.31. The molecule has 0 heterocycles. The molecule has 0 atom stereocenters. The van der Waals surface area contributed by atoms with Crippen LogP contribution in [0.1, 0.15) is 15.9 Å². The molecule has 0 fully saturated rings. The molecule has 2 N–H and O–H groups in total. The summed E-state index contributed by atoms with van der Waals surface area (Å²) in [6, 6.07) is 4.34. The Bertz CT molecular complexity index is 477. The van der Waals surface area contributed by atoms with Crippen molar-refractivity contribution in [2.75, 3.05) is 33.4 Å². The van der Waals surface area contributed by atoms with E-state index in [1.165, 1.54) is 12.1 Å². The Morgan fingerprint density at radius 3 is 2.70 bits per heavy atom. The van der Waals surface area contributed by atoms with Crippen LogP contribution < -0.4 is 10.6 Å². The fourth-order valence-corrected chi connectivity index (χ4v) is 1.67. The molecule has 1 rings (SSSR count). The minimum Gasteiger partial charge on any atom is -0.383 e. The highest BCUT2D eigenvalue weighted by molar-refractivity contribution is 5.95. The Morgan fingerprint density at radius 2 is 2.05 bits per heavy atom. The number of nitro benzene ring substituents is 1. The predicted octanol–water partition coefficient (Wildman–Crippen LogP) is 0.869. The van der Waals surface area contributed by atoms with Crippen molar-refractivity contribution in [1.82, 2.24) is 10.6 Å². The van der Waals surface area contributed by atoms with Crippen molar-refractivity contribution >= 4 is 11.6 Å². The first-order valence-electron chi connectivity index (χ1n) is 6.28. The largest absolute Gasteiger partial charge is 0.383 e. The average Bonchev–Trinajstić information content (AvgIpc) is 2.41. The maximum atomic E-state index is 11.9. The van der Waals surface area contributed by atoms with Gasteiger partial charge in [0, 0.05) is 44.4 Å². The number of non-ortho nitro benzene ring substituents is 1. The van der Waals surface area contributed by atoms with E-state index in [2.05, 4.69) is 10.6 Å². The molecular weight excluding hydrogens is 262 g/mol. The van der Waals surface area contributed by atoms with Crippen LogP contribution in [0.25, 0.3) is 0 Å². The van der Waals surface area contributed by atoms with Gasteiger partial charge in [0.15, 0.2) is 0 Å². The average molecular weight is 281 g/mol. The van der Waals surface area contributed by atoms with Gasteiger partial charge in [-0.05, 0) is 18.6 Å². The molecule has 0 aliphatic carbocycles. The molecule has 0 aliphatic rings. The molecule has 7 nitrogen and oxygen atoms in total. The van der Waals surface area contributed by atoms with E-state index in [0.29, 0.717) is 37.4 Å². The minimum absolute atomic E-state index is 0.0756. The fourth-order valence-electron chi connectivity index (χ4n) is 1.67. The van der Waals surface area contributed by atoms with Crippen molar-refractivity contribution in [2.45, 2.75) is 6.92 Å². The molecule has 20 heavy (non-hydrogen) atoms. The van der Waals surface area contributed by atoms with Crippen molar-refractivity contribution in [2.24, 2.45) is 0 Å². The predicted molar refractivity (Wildman–Crippen MR) is 74.9 cm³/mol. The summed E-state index contributed by atoms with van der Waals surface area (Å²) < 4.78 is 4.87. The van der Waals surface area contributed by atoms with Crippen LogP contribution >= 0.6 is 0 Å². The van der Waals surface area contributed by atoms with E-state index in [-0.39, 0.29) is 11.6 Å². The number of amides is 1. The molecule has 0 saturated carbocycles. The smallest absolute Gasteiger partial charge is 0.270 e. The van der Waals surface area contributed by atoms with Gasteiger partial charge in [-0.2, -0.15) is 0 Å². The van der Waals surface area contributed by atoms with E-state index in [4.69, 9.17) is 4.74 Å². The van der Waals surface area contributed by atoms with Gasteiger partial charge in [0.1, 0.15) is 0 Å². The standard InChI is InChI=1S/C13H19N3O4/c1-10-7-11(9-12(8-10)16(18)19)13(17)15-4-3-14-5-6-20-2/h7-9,14H,3-6H2,1-2H3,(H,15,17). The number of aryl methyl sites for hydroxylation is 1. The van der Waals surface area contributed by atoms with Crippen LogP contribution in [0, 0.1) is 17.0 Å². The van der Waals surface area contributed by atoms with Gasteiger partial charge in [-0.3, -0.25) is 14.9 Å². The Hall–Kier alpha value is -1.99. The summed E-state index contributed by atoms with van der Waals surface area (Å²) in [5.74, 6) is -0.314. The maximum Gasteiger partial charge on any atom is 0.270 e. The summed E-state index contributed by atoms with van der Waals surface area (Å²) in [7, 11) is 1.62. The number of methoxy groups -OCH3 is 1. The molecule has 0 saturated heterocycles. The molecule has 0 bridgehead atoms. The lowest BCUT2D eigenvalue weighted by Crippen LogP contribution is -2.33. The van der Waals surface area contributed by atoms with Crippen molar-refractivity contribution < 1.29 is 14.5 Å². The fraction of sp³-hybridized carbons (Fsp3) is 0.462. The van der Waals surface area contributed by atoms with E-state index in [1.54, 1.807) is 20.1 Å². The zero-order chi connectivity index (χ0) is 15.0. The first-order valence-corrected chi connectivity index (χ1v) is 6.28. The summed E-state index contributed by atoms with van der Waals surface area (Å²) in [5.41, 5.74) is 0.907. The Balaban J connectivity index is 2.49. The number of nitrogens with one attached hydrogen (secondary N) is 2. The lowest BCUT2D eigenvalue weighted by Gasteiger charge is -2.07. The monoisotopic (exact) mass is 281 g/mol. The van der Waals surface area contributed by atoms with Crippen LogP contribution in [0.2, 0.25) is 0 Å². The summed E-state index contributed by atoms with van der Waals surface area (Å²) in [6.07, 6.45) is 0. The topological polar surface area (TPSA) is 93.5 Å². The van der Waals surface area contributed by atoms with Crippen molar-refractivity contribution in [1.29, 1.82) is 0 Å². The third kappa shape index (κ3) is 5.33. The van der Waals surface area contributed by atoms with E-state index in [9.17, 15) is 14.9 Å². The summed E-state index contributed by atoms with van der Waals surface area (Å²) in [4.78, 5) is 22.1. The van der Waals surface area contributed by atoms with Gasteiger partial charge >= 0.3 is 0 Å². The van der Waals surface area contributed by atoms with Gasteiger partial charge in [0.05, 0.1) is 11.5 Å². The number of nitro groups is 1. The molecule has 1 aromatic carbocycles. The van der Waals surface area contributed by atoms with Gasteiger partial charge in [-0.25, -0.2) is 0 Å². The number of rotatable bonds is 8. The van der Waals surface area contributed by atoms with Crippen molar-refractivity contribution in [3.8, 4) is 0 Å². The SMILES string of the molecule is COCCNCCNC(=O)c1cc(C)cc([N+](=O)[O-])c1. The quantitative estimate of drug-likeness (QED) is 0.419. The Morgan fingerprint density at radius 1 is 1.30 bits per heavy atom. The third-order valence-electron chi connectivity index (χ3n) is 2.61. The molecular formula is C13H19N3O4. The number of benzene rings is 1. The highest BCUT2D eigenvalue weighted by atomic mass is 16.6. The van der Waals surface area contributed by atoms with E-state index >= 15 is 0 Å². The highest BCUT2D eigenvalue weighted by Gasteiger charge is 2.12. The molecule has 0 unspecified atom stereocenters. The number of hydrogen-bond donors (Lipinski definition) is 2. The van der Waals surface area contributed by atoms with Crippen LogP contribution in [-0.2, 0) is 4.74 Å². The first kappa shape index (κ1) is 16.1. The van der Waals surface area contributed by atoms with Gasteiger partial charge in [0.25, 0.3) is 11.6 Å². The van der Waals surface area contributed by atoms with E-state index in [1.807, 2.05) is 0 Å². The van der Waals surface area contributed by atoms with Crippen LogP contribution in [0.3, 0.4) is 0 Å². The zero-order valence-corrected chi connectivity index (χ0v) is 11.6. The maximum absolute atomic E-state index is 11.9. The van der Waals surface area contributed by atoms with Crippen LogP contribution in [0.15, 0.2) is 18.2 Å². The van der Waals surface area contributed by atoms with Gasteiger partial charge in [-0.1, -0.05) is 0 Å². The van der Waals surface area contributed by atoms with Crippen LogP contribution in [0.4, 0.5) is 5.69 Å². The van der Waals surface area contributed by atoms with Crippen LogP contribution in [-0.4, -0.2) is 44.2 Å². The molecule has 0 spiro atoms. The third-order valence-corrected chi connectivity index (χ3v) is 2.61. The van der Waals surface area contributed by atoms with Gasteiger partial charge in [0.2, 0.25) is 0 Å². The normalized spacial score (nSPS) is 10.3. The van der Waals surface area contributed by atoms with E-state index in [0.717, 1.165) is 0 Å². The summed E-state index contributed by atoms with van der Waals surface area (Å²) >= 11 is 0. The highest BCUT2D eigenvalue weighted by Crippen LogP contribution is 2.16. The van der Waals surface area contributed by atoms with Crippen molar-refractivity contribution in [3.05, 3.63) is 39.4 Å². The first-order chi connectivity index (χ1) is 9.54. The lowest BCUT2D eigenvalue weighted by atomic mass is 10.1. The lowest BCUT2D eigenvalue weighted by molar-refractivity contribution is -0.384. The summed E-state index contributed by atoms with van der Waals surface area (Å²) in [6.45, 7) is 4.10. The summed E-state index contributed by atoms with van der Waals surface area (Å²) in [5, 5.41) is 16.5. The molecule has 7 heteroatoms. The van der Waals surface area contributed by atoms with E-state index < -0.39 is 4.92 Å². The number of carbonyl (C=O) groups is 1. The number of nitrogens with zero attached hydrogens (tertiary/aromatic N) is 1. The Kier molecular flexibility index (Phi) is 6.61.